The molecule has 0 bridgehead atoms. The summed E-state index contributed by atoms with van der Waals surface area (Å²) in [5.74, 6) is -0.415. The average Bonchev–Trinajstić information content (AvgIpc) is 3.05. The molecule has 7 nitrogen and oxygen atoms in total. The molecule has 0 saturated carbocycles. The molecule has 3 aromatic carbocycles. The van der Waals surface area contributed by atoms with Gasteiger partial charge in [0.15, 0.2) is 0 Å². The number of aromatic amines is 1. The van der Waals surface area contributed by atoms with Crippen molar-refractivity contribution in [2.45, 2.75) is 31.9 Å². The lowest BCUT2D eigenvalue weighted by Crippen LogP contribution is -2.41. The summed E-state index contributed by atoms with van der Waals surface area (Å²) in [5, 5.41) is 23.9. The molecule has 1 saturated heterocycles. The number of carbonyl (C=O) groups is 1. The fourth-order valence-electron chi connectivity index (χ4n) is 5.80. The highest BCUT2D eigenvalue weighted by molar-refractivity contribution is 6.33. The van der Waals surface area contributed by atoms with Gasteiger partial charge in [0.2, 0.25) is 5.91 Å². The van der Waals surface area contributed by atoms with E-state index in [9.17, 15) is 33.1 Å². The van der Waals surface area contributed by atoms with Gasteiger partial charge in [0, 0.05) is 45.7 Å². The second-order valence-corrected chi connectivity index (χ2v) is 12.3. The van der Waals surface area contributed by atoms with Crippen molar-refractivity contribution in [2.24, 2.45) is 5.92 Å². The van der Waals surface area contributed by atoms with Crippen LogP contribution in [0.4, 0.5) is 13.2 Å². The van der Waals surface area contributed by atoms with Crippen LogP contribution < -0.4 is 10.9 Å². The van der Waals surface area contributed by atoms with E-state index >= 15 is 0 Å². The number of phenolic OH excluding ortho intramolecular Hbond substituents is 1. The summed E-state index contributed by atoms with van der Waals surface area (Å²) in [6.45, 7) is 2.82. The van der Waals surface area contributed by atoms with Crippen LogP contribution in [0.15, 0.2) is 71.5 Å². The van der Waals surface area contributed by atoms with Crippen LogP contribution in [0, 0.1) is 17.2 Å². The number of phenols is 1. The van der Waals surface area contributed by atoms with Gasteiger partial charge in [-0.3, -0.25) is 9.59 Å². The Morgan fingerprint density at radius 3 is 2.40 bits per heavy atom. The molecule has 2 heterocycles. The van der Waals surface area contributed by atoms with Crippen molar-refractivity contribution >= 4 is 29.1 Å². The number of hydrogen-bond acceptors (Lipinski definition) is 5. The van der Waals surface area contributed by atoms with Gasteiger partial charge < -0.3 is 20.3 Å². The number of nitrogens with one attached hydrogen (secondary N) is 2. The molecular formula is C35H31Cl2F3N4O3. The maximum Gasteiger partial charge on any atom is 0.416 e. The molecule has 1 aromatic heterocycles. The minimum atomic E-state index is -4.69. The number of aromatic hydroxyl groups is 1. The fraction of sp³-hybridized carbons (Fsp3) is 0.286. The summed E-state index contributed by atoms with van der Waals surface area (Å²) in [5.41, 5.74) is -0.869. The van der Waals surface area contributed by atoms with E-state index in [1.807, 2.05) is 18.2 Å². The number of H-pyrrole nitrogens is 1. The molecule has 0 radical (unpaired) electrons. The zero-order valence-electron chi connectivity index (χ0n) is 25.1. The highest BCUT2D eigenvalue weighted by Crippen LogP contribution is 2.39. The smallest absolute Gasteiger partial charge is 0.416 e. The number of benzene rings is 3. The number of carbonyl (C=O) groups excluding carboxylic acids is 1. The minimum Gasteiger partial charge on any atom is -0.507 e. The standard InChI is InChI=1S/C35H31Cl2F3N4O3/c36-25-16-23(8-12-42-33(46)22-10-14-44(15-11-22)13-9-21-4-2-1-3-5-21)32(45)28(18-25)31-19-26(29(20-41)34(47)43-31)27-17-24(35(38,39)40)6-7-30(27)37/h1-7,16-19,22,45H,8-15H2,(H,42,46)(H,43,47). The van der Waals surface area contributed by atoms with Gasteiger partial charge in [0.05, 0.1) is 11.3 Å². The Labute approximate surface area is 279 Å². The predicted octanol–water partition coefficient (Wildman–Crippen LogP) is 7.23. The van der Waals surface area contributed by atoms with E-state index in [4.69, 9.17) is 23.2 Å². The van der Waals surface area contributed by atoms with E-state index in [1.54, 1.807) is 6.07 Å². The second kappa shape index (κ2) is 14.6. The van der Waals surface area contributed by atoms with Crippen LogP contribution in [0.2, 0.25) is 10.0 Å². The second-order valence-electron chi connectivity index (χ2n) is 11.5. The molecular weight excluding hydrogens is 652 g/mol. The van der Waals surface area contributed by atoms with E-state index in [2.05, 4.69) is 27.3 Å². The molecule has 0 atom stereocenters. The van der Waals surface area contributed by atoms with Crippen LogP contribution in [0.3, 0.4) is 0 Å². The molecule has 0 spiro atoms. The zero-order chi connectivity index (χ0) is 33.7. The monoisotopic (exact) mass is 682 g/mol. The van der Waals surface area contributed by atoms with Crippen LogP contribution in [-0.4, -0.2) is 47.1 Å². The van der Waals surface area contributed by atoms with Gasteiger partial charge in [-0.15, -0.1) is 0 Å². The van der Waals surface area contributed by atoms with Crippen LogP contribution in [0.5, 0.6) is 5.75 Å². The van der Waals surface area contributed by atoms with E-state index in [0.29, 0.717) is 5.56 Å². The Hall–Kier alpha value is -4.30. The fourth-order valence-corrected chi connectivity index (χ4v) is 6.26. The van der Waals surface area contributed by atoms with Crippen LogP contribution in [0.1, 0.15) is 35.1 Å². The normalized spacial score (nSPS) is 14.1. The lowest BCUT2D eigenvalue weighted by atomic mass is 9.95. The van der Waals surface area contributed by atoms with Gasteiger partial charge in [-0.25, -0.2) is 0 Å². The van der Waals surface area contributed by atoms with Crippen molar-refractivity contribution in [3.63, 3.8) is 0 Å². The van der Waals surface area contributed by atoms with Crippen molar-refractivity contribution < 1.29 is 23.1 Å². The first-order valence-corrected chi connectivity index (χ1v) is 15.8. The Morgan fingerprint density at radius 1 is 1.00 bits per heavy atom. The predicted molar refractivity (Wildman–Crippen MR) is 175 cm³/mol. The molecule has 12 heteroatoms. The number of pyridine rings is 1. The van der Waals surface area contributed by atoms with Gasteiger partial charge in [-0.2, -0.15) is 18.4 Å². The van der Waals surface area contributed by atoms with Gasteiger partial charge in [-0.05, 0) is 86.3 Å². The van der Waals surface area contributed by atoms with Crippen molar-refractivity contribution in [3.05, 3.63) is 109 Å². The zero-order valence-corrected chi connectivity index (χ0v) is 26.6. The van der Waals surface area contributed by atoms with Crippen molar-refractivity contribution in [1.29, 1.82) is 5.26 Å². The molecule has 4 aromatic rings. The molecule has 0 unspecified atom stereocenters. The largest absolute Gasteiger partial charge is 0.507 e. The Kier molecular flexibility index (Phi) is 10.6. The van der Waals surface area contributed by atoms with Gasteiger partial charge >= 0.3 is 6.18 Å². The Balaban J connectivity index is 1.28. The number of piperidine rings is 1. The number of nitriles is 1. The summed E-state index contributed by atoms with van der Waals surface area (Å²) in [7, 11) is 0. The first-order chi connectivity index (χ1) is 22.4. The topological polar surface area (TPSA) is 109 Å². The van der Waals surface area contributed by atoms with E-state index in [0.717, 1.165) is 57.1 Å². The quantitative estimate of drug-likeness (QED) is 0.173. The number of nitrogens with zero attached hydrogens (tertiary/aromatic N) is 2. The summed E-state index contributed by atoms with van der Waals surface area (Å²) in [4.78, 5) is 30.7. The molecule has 244 valence electrons. The summed E-state index contributed by atoms with van der Waals surface area (Å²) in [6.07, 6.45) is -2.02. The van der Waals surface area contributed by atoms with Crippen LogP contribution in [0.25, 0.3) is 22.4 Å². The molecule has 3 N–H and O–H groups in total. The SMILES string of the molecule is N#Cc1c(-c2cc(C(F)(F)F)ccc2Cl)cc(-c2cc(Cl)cc(CCNC(=O)C3CCN(CCc4ccccc4)CC3)c2O)[nH]c1=O. The van der Waals surface area contributed by atoms with Crippen LogP contribution in [-0.2, 0) is 23.8 Å². The van der Waals surface area contributed by atoms with E-state index in [1.165, 1.54) is 23.8 Å². The van der Waals surface area contributed by atoms with Gasteiger partial charge in [0.1, 0.15) is 17.4 Å². The third kappa shape index (κ3) is 8.17. The molecule has 0 aliphatic carbocycles. The number of aromatic nitrogens is 1. The number of halogens is 5. The highest BCUT2D eigenvalue weighted by atomic mass is 35.5. The van der Waals surface area contributed by atoms with Crippen LogP contribution >= 0.6 is 23.2 Å². The number of rotatable bonds is 9. The molecule has 47 heavy (non-hydrogen) atoms. The first kappa shape index (κ1) is 34.0. The molecule has 5 rings (SSSR count). The lowest BCUT2D eigenvalue weighted by molar-refractivity contribution is -0.137. The lowest BCUT2D eigenvalue weighted by Gasteiger charge is -2.31. The molecule has 1 aliphatic heterocycles. The summed E-state index contributed by atoms with van der Waals surface area (Å²) >= 11 is 12.6. The summed E-state index contributed by atoms with van der Waals surface area (Å²) in [6, 6.07) is 18.8. The van der Waals surface area contributed by atoms with Crippen molar-refractivity contribution in [3.8, 4) is 34.2 Å². The number of amides is 1. The number of likely N-dealkylation sites (tertiary alicyclic amines) is 1. The molecule has 1 fully saturated rings. The van der Waals surface area contributed by atoms with Crippen molar-refractivity contribution in [2.75, 3.05) is 26.2 Å². The van der Waals surface area contributed by atoms with Gasteiger partial charge in [0.25, 0.3) is 5.56 Å². The third-order valence-corrected chi connectivity index (χ3v) is 8.93. The Bertz CT molecular complexity index is 1870. The van der Waals surface area contributed by atoms with Crippen molar-refractivity contribution in [1.82, 2.24) is 15.2 Å². The minimum absolute atomic E-state index is 0.0155. The van der Waals surface area contributed by atoms with E-state index in [-0.39, 0.29) is 63.0 Å². The Morgan fingerprint density at radius 2 is 1.72 bits per heavy atom. The number of alkyl halides is 3. The average molecular weight is 684 g/mol. The number of hydrogen-bond donors (Lipinski definition) is 3. The maximum absolute atomic E-state index is 13.5. The third-order valence-electron chi connectivity index (χ3n) is 8.38. The molecule has 1 amide bonds. The van der Waals surface area contributed by atoms with E-state index < -0.39 is 22.9 Å². The highest BCUT2D eigenvalue weighted by Gasteiger charge is 2.32. The van der Waals surface area contributed by atoms with Gasteiger partial charge in [-0.1, -0.05) is 53.5 Å². The maximum atomic E-state index is 13.5. The summed E-state index contributed by atoms with van der Waals surface area (Å²) < 4.78 is 40.4. The first-order valence-electron chi connectivity index (χ1n) is 15.0. The molecule has 1 aliphatic rings.